The highest BCUT2D eigenvalue weighted by Crippen LogP contribution is 2.24. The lowest BCUT2D eigenvalue weighted by Crippen LogP contribution is -2.23. The van der Waals surface area contributed by atoms with Crippen molar-refractivity contribution in [3.05, 3.63) is 48.3 Å². The maximum Gasteiger partial charge on any atom is 0.242 e. The molecule has 0 unspecified atom stereocenters. The van der Waals surface area contributed by atoms with Crippen molar-refractivity contribution in [2.45, 2.75) is 44.0 Å². The first-order valence-electron chi connectivity index (χ1n) is 11.3. The number of fused-ring (bicyclic) bond motifs is 1. The van der Waals surface area contributed by atoms with Gasteiger partial charge in [0.05, 0.1) is 15.9 Å². The molecule has 180 valence electrons. The second-order valence-electron chi connectivity index (χ2n) is 8.45. The first-order valence-corrected chi connectivity index (χ1v) is 12.8. The van der Waals surface area contributed by atoms with Gasteiger partial charge in [-0.2, -0.15) is 0 Å². The van der Waals surface area contributed by atoms with E-state index in [1.807, 2.05) is 23.6 Å². The van der Waals surface area contributed by atoms with Gasteiger partial charge < -0.3 is 14.8 Å². The van der Waals surface area contributed by atoms with Crippen LogP contribution in [0.25, 0.3) is 11.0 Å². The van der Waals surface area contributed by atoms with Crippen molar-refractivity contribution < 1.29 is 18.0 Å². The molecule has 10 heteroatoms. The molecule has 1 N–H and O–H groups in total. The number of imidazole rings is 1. The van der Waals surface area contributed by atoms with E-state index < -0.39 is 10.0 Å². The molecular formula is C24H29N5O4S. The zero-order valence-corrected chi connectivity index (χ0v) is 20.4. The number of hydrogen-bond donors (Lipinski definition) is 1. The summed E-state index contributed by atoms with van der Waals surface area (Å²) >= 11 is 0. The van der Waals surface area contributed by atoms with Gasteiger partial charge in [0.15, 0.2) is 0 Å². The number of amides is 2. The van der Waals surface area contributed by atoms with Crippen LogP contribution in [0.1, 0.15) is 32.0 Å². The van der Waals surface area contributed by atoms with Crippen molar-refractivity contribution in [3.63, 3.8) is 0 Å². The Morgan fingerprint density at radius 1 is 1.15 bits per heavy atom. The molecule has 0 saturated carbocycles. The van der Waals surface area contributed by atoms with E-state index in [2.05, 4.69) is 10.3 Å². The molecule has 0 aliphatic carbocycles. The van der Waals surface area contributed by atoms with Gasteiger partial charge in [-0.15, -0.1) is 0 Å². The molecule has 0 radical (unpaired) electrons. The lowest BCUT2D eigenvalue weighted by molar-refractivity contribution is -0.117. The number of aromatic nitrogens is 2. The lowest BCUT2D eigenvalue weighted by atomic mass is 10.2. The lowest BCUT2D eigenvalue weighted by Gasteiger charge is -2.16. The monoisotopic (exact) mass is 483 g/mol. The van der Waals surface area contributed by atoms with Gasteiger partial charge in [0.2, 0.25) is 21.8 Å². The number of carbonyl (C=O) groups excluding carboxylic acids is 2. The van der Waals surface area contributed by atoms with Crippen molar-refractivity contribution >= 4 is 44.2 Å². The zero-order chi connectivity index (χ0) is 24.5. The molecule has 0 atom stereocenters. The minimum atomic E-state index is -3.55. The Balaban J connectivity index is 1.44. The van der Waals surface area contributed by atoms with Crippen LogP contribution < -0.4 is 10.2 Å². The highest BCUT2D eigenvalue weighted by atomic mass is 32.2. The largest absolute Gasteiger partial charge is 0.328 e. The second kappa shape index (κ2) is 9.55. The average molecular weight is 484 g/mol. The summed E-state index contributed by atoms with van der Waals surface area (Å²) in [6.45, 7) is 3.37. The highest BCUT2D eigenvalue weighted by Gasteiger charge is 2.22. The maximum atomic E-state index is 12.6. The van der Waals surface area contributed by atoms with E-state index >= 15 is 0 Å². The molecule has 1 fully saturated rings. The van der Waals surface area contributed by atoms with E-state index in [1.165, 1.54) is 18.4 Å². The number of aryl methyl sites for hydroxylation is 2. The molecule has 1 aliphatic rings. The summed E-state index contributed by atoms with van der Waals surface area (Å²) in [6, 6.07) is 12.2. The fraction of sp³-hybridized carbons (Fsp3) is 0.375. The molecule has 2 amide bonds. The molecule has 0 spiro atoms. The molecule has 9 nitrogen and oxygen atoms in total. The number of anilines is 2. The standard InChI is InChI=1S/C24H29N5O4S/c1-4-28-21-12-11-19(34(32,33)27(2)3)16-20(21)26-22(28)13-14-23(30)25-17-7-9-18(10-8-17)29-15-5-6-24(29)31/h7-12,16H,4-6,13-15H2,1-3H3,(H,25,30). The fourth-order valence-electron chi connectivity index (χ4n) is 4.17. The Morgan fingerprint density at radius 3 is 2.50 bits per heavy atom. The summed E-state index contributed by atoms with van der Waals surface area (Å²) in [4.78, 5) is 31.0. The molecule has 34 heavy (non-hydrogen) atoms. The van der Waals surface area contributed by atoms with Gasteiger partial charge in [-0.3, -0.25) is 9.59 Å². The SMILES string of the molecule is CCn1c(CCC(=O)Nc2ccc(N3CCCC3=O)cc2)nc2cc(S(=O)(=O)N(C)C)ccc21. The molecule has 2 aromatic carbocycles. The molecule has 2 heterocycles. The Kier molecular flexibility index (Phi) is 6.72. The third-order valence-electron chi connectivity index (χ3n) is 6.01. The van der Waals surface area contributed by atoms with Gasteiger partial charge in [0.25, 0.3) is 0 Å². The highest BCUT2D eigenvalue weighted by molar-refractivity contribution is 7.89. The summed E-state index contributed by atoms with van der Waals surface area (Å²) < 4.78 is 28.1. The van der Waals surface area contributed by atoms with Crippen LogP contribution >= 0.6 is 0 Å². The van der Waals surface area contributed by atoms with Gasteiger partial charge in [0.1, 0.15) is 5.82 Å². The van der Waals surface area contributed by atoms with Crippen LogP contribution in [0.4, 0.5) is 11.4 Å². The molecule has 4 rings (SSSR count). The Morgan fingerprint density at radius 2 is 1.88 bits per heavy atom. The molecule has 1 aliphatic heterocycles. The van der Waals surface area contributed by atoms with Crippen LogP contribution in [0, 0.1) is 0 Å². The number of sulfonamides is 1. The van der Waals surface area contributed by atoms with Crippen molar-refractivity contribution in [2.24, 2.45) is 0 Å². The predicted octanol–water partition coefficient (Wildman–Crippen LogP) is 3.00. The van der Waals surface area contributed by atoms with Gasteiger partial charge in [-0.1, -0.05) is 0 Å². The molecule has 1 aromatic heterocycles. The zero-order valence-electron chi connectivity index (χ0n) is 19.6. The minimum absolute atomic E-state index is 0.127. The second-order valence-corrected chi connectivity index (χ2v) is 10.6. The topological polar surface area (TPSA) is 105 Å². The average Bonchev–Trinajstić information content (AvgIpc) is 3.40. The van der Waals surface area contributed by atoms with Crippen molar-refractivity contribution in [1.29, 1.82) is 0 Å². The Hall–Kier alpha value is -3.24. The van der Waals surface area contributed by atoms with Crippen LogP contribution in [0.5, 0.6) is 0 Å². The number of nitrogens with one attached hydrogen (secondary N) is 1. The first-order chi connectivity index (χ1) is 16.2. The summed E-state index contributed by atoms with van der Waals surface area (Å²) in [7, 11) is -0.565. The maximum absolute atomic E-state index is 12.6. The van der Waals surface area contributed by atoms with Crippen LogP contribution in [0.15, 0.2) is 47.4 Å². The molecule has 3 aromatic rings. The molecule has 0 bridgehead atoms. The van der Waals surface area contributed by atoms with Crippen LogP contribution in [0.2, 0.25) is 0 Å². The fourth-order valence-corrected chi connectivity index (χ4v) is 5.09. The van der Waals surface area contributed by atoms with Gasteiger partial charge in [-0.25, -0.2) is 17.7 Å². The van der Waals surface area contributed by atoms with Crippen molar-refractivity contribution in [3.8, 4) is 0 Å². The van der Waals surface area contributed by atoms with Crippen LogP contribution in [-0.4, -0.2) is 54.7 Å². The molecule has 1 saturated heterocycles. The van der Waals surface area contributed by atoms with Crippen LogP contribution in [-0.2, 0) is 32.6 Å². The Labute approximate surface area is 199 Å². The quantitative estimate of drug-likeness (QED) is 0.530. The van der Waals surface area contributed by atoms with E-state index in [0.717, 1.165) is 30.0 Å². The third kappa shape index (κ3) is 4.69. The van der Waals surface area contributed by atoms with Crippen molar-refractivity contribution in [1.82, 2.24) is 13.9 Å². The smallest absolute Gasteiger partial charge is 0.242 e. The van der Waals surface area contributed by atoms with E-state index in [1.54, 1.807) is 35.2 Å². The summed E-state index contributed by atoms with van der Waals surface area (Å²) in [6.07, 6.45) is 2.10. The predicted molar refractivity (Wildman–Crippen MR) is 131 cm³/mol. The normalized spacial score (nSPS) is 14.4. The Bertz CT molecular complexity index is 1330. The summed E-state index contributed by atoms with van der Waals surface area (Å²) in [5, 5.41) is 2.89. The minimum Gasteiger partial charge on any atom is -0.328 e. The van der Waals surface area contributed by atoms with Gasteiger partial charge in [-0.05, 0) is 55.8 Å². The van der Waals surface area contributed by atoms with Crippen LogP contribution in [0.3, 0.4) is 0 Å². The van der Waals surface area contributed by atoms with E-state index in [9.17, 15) is 18.0 Å². The number of nitrogens with zero attached hydrogens (tertiary/aromatic N) is 4. The van der Waals surface area contributed by atoms with Gasteiger partial charge >= 0.3 is 0 Å². The summed E-state index contributed by atoms with van der Waals surface area (Å²) in [5.41, 5.74) is 2.94. The summed E-state index contributed by atoms with van der Waals surface area (Å²) in [5.74, 6) is 0.715. The van der Waals surface area contributed by atoms with E-state index in [4.69, 9.17) is 0 Å². The number of benzene rings is 2. The first kappa shape index (κ1) is 23.9. The van der Waals surface area contributed by atoms with E-state index in [0.29, 0.717) is 30.6 Å². The number of hydrogen-bond acceptors (Lipinski definition) is 5. The molecular weight excluding hydrogens is 454 g/mol. The third-order valence-corrected chi connectivity index (χ3v) is 7.82. The van der Waals surface area contributed by atoms with Crippen molar-refractivity contribution in [2.75, 3.05) is 30.9 Å². The van der Waals surface area contributed by atoms with Gasteiger partial charge in [0, 0.05) is 57.8 Å². The number of carbonyl (C=O) groups is 2. The van der Waals surface area contributed by atoms with E-state index in [-0.39, 0.29) is 23.1 Å². The number of rotatable bonds is 8.